The predicted octanol–water partition coefficient (Wildman–Crippen LogP) is 2.57. The van der Waals surface area contributed by atoms with Gasteiger partial charge in [0.1, 0.15) is 5.76 Å². The lowest BCUT2D eigenvalue weighted by Gasteiger charge is -2.23. The molecular formula is C14H16N2O3. The molecule has 0 radical (unpaired) electrons. The van der Waals surface area contributed by atoms with Crippen molar-refractivity contribution in [2.75, 3.05) is 7.05 Å². The smallest absolute Gasteiger partial charge is 0.337 e. The molecule has 1 unspecified atom stereocenters. The maximum absolute atomic E-state index is 11.1. The van der Waals surface area contributed by atoms with Crippen molar-refractivity contribution in [2.24, 2.45) is 0 Å². The molecule has 5 heteroatoms. The topological polar surface area (TPSA) is 66.6 Å². The Bertz CT molecular complexity index is 552. The second-order valence-electron chi connectivity index (χ2n) is 4.41. The van der Waals surface area contributed by atoms with Crippen molar-refractivity contribution in [3.05, 3.63) is 53.7 Å². The van der Waals surface area contributed by atoms with Crippen LogP contribution in [0.4, 0.5) is 0 Å². The minimum Gasteiger partial charge on any atom is -0.478 e. The molecule has 0 bridgehead atoms. The van der Waals surface area contributed by atoms with E-state index in [0.29, 0.717) is 12.2 Å². The van der Waals surface area contributed by atoms with Gasteiger partial charge in [-0.05, 0) is 38.2 Å². The molecule has 100 valence electrons. The van der Waals surface area contributed by atoms with E-state index in [0.717, 1.165) is 5.76 Å². The van der Waals surface area contributed by atoms with Gasteiger partial charge in [-0.25, -0.2) is 4.79 Å². The van der Waals surface area contributed by atoms with Crippen LogP contribution in [0.2, 0.25) is 0 Å². The summed E-state index contributed by atoms with van der Waals surface area (Å²) in [6, 6.07) is 6.98. The number of carboxylic acid groups (broad SMARTS) is 1. The Kier molecular flexibility index (Phi) is 3.97. The molecule has 2 aromatic rings. The minimum atomic E-state index is -0.956. The zero-order chi connectivity index (χ0) is 13.8. The fourth-order valence-electron chi connectivity index (χ4n) is 1.88. The summed E-state index contributed by atoms with van der Waals surface area (Å²) in [7, 11) is 1.91. The Labute approximate surface area is 111 Å². The van der Waals surface area contributed by atoms with Crippen LogP contribution < -0.4 is 0 Å². The average molecular weight is 260 g/mol. The van der Waals surface area contributed by atoms with E-state index in [1.807, 2.05) is 31.0 Å². The number of pyridine rings is 1. The van der Waals surface area contributed by atoms with E-state index in [1.165, 1.54) is 0 Å². The summed E-state index contributed by atoms with van der Waals surface area (Å²) in [5.74, 6) is -0.113. The molecule has 0 saturated heterocycles. The van der Waals surface area contributed by atoms with Crippen LogP contribution in [-0.2, 0) is 6.54 Å². The molecule has 0 aliphatic carbocycles. The number of aromatic nitrogens is 1. The Morgan fingerprint density at radius 2 is 2.26 bits per heavy atom. The first-order valence-corrected chi connectivity index (χ1v) is 6.00. The number of hydrogen-bond acceptors (Lipinski definition) is 4. The van der Waals surface area contributed by atoms with Gasteiger partial charge in [-0.3, -0.25) is 9.88 Å². The van der Waals surface area contributed by atoms with E-state index < -0.39 is 5.97 Å². The third-order valence-electron chi connectivity index (χ3n) is 3.14. The van der Waals surface area contributed by atoms with Crippen LogP contribution in [0.5, 0.6) is 0 Å². The summed E-state index contributed by atoms with van der Waals surface area (Å²) in [5, 5.41) is 9.12. The summed E-state index contributed by atoms with van der Waals surface area (Å²) in [4.78, 5) is 17.3. The van der Waals surface area contributed by atoms with Gasteiger partial charge in [0.15, 0.2) is 0 Å². The number of carboxylic acids is 1. The van der Waals surface area contributed by atoms with Crippen LogP contribution in [0.3, 0.4) is 0 Å². The van der Waals surface area contributed by atoms with Gasteiger partial charge in [0.05, 0.1) is 23.6 Å². The van der Waals surface area contributed by atoms with E-state index in [4.69, 9.17) is 9.52 Å². The first kappa shape index (κ1) is 13.3. The second kappa shape index (κ2) is 5.67. The lowest BCUT2D eigenvalue weighted by molar-refractivity contribution is 0.0693. The fourth-order valence-corrected chi connectivity index (χ4v) is 1.88. The van der Waals surface area contributed by atoms with E-state index in [9.17, 15) is 4.79 Å². The molecule has 0 aliphatic rings. The van der Waals surface area contributed by atoms with E-state index in [-0.39, 0.29) is 11.6 Å². The van der Waals surface area contributed by atoms with Gasteiger partial charge < -0.3 is 9.52 Å². The number of nitrogens with zero attached hydrogens (tertiary/aromatic N) is 2. The zero-order valence-corrected chi connectivity index (χ0v) is 10.9. The van der Waals surface area contributed by atoms with Crippen LogP contribution >= 0.6 is 0 Å². The quantitative estimate of drug-likeness (QED) is 0.895. The summed E-state index contributed by atoms with van der Waals surface area (Å²) in [6.45, 7) is 2.45. The second-order valence-corrected chi connectivity index (χ2v) is 4.41. The Hall–Kier alpha value is -2.14. The van der Waals surface area contributed by atoms with Gasteiger partial charge in [-0.2, -0.15) is 0 Å². The van der Waals surface area contributed by atoms with Gasteiger partial charge in [0.25, 0.3) is 0 Å². The summed E-state index contributed by atoms with van der Waals surface area (Å²) in [5.41, 5.74) is 0.789. The molecule has 0 amide bonds. The van der Waals surface area contributed by atoms with Crippen LogP contribution in [0.25, 0.3) is 0 Å². The normalized spacial score (nSPS) is 12.6. The van der Waals surface area contributed by atoms with Crippen LogP contribution in [-0.4, -0.2) is 28.0 Å². The van der Waals surface area contributed by atoms with E-state index >= 15 is 0 Å². The summed E-state index contributed by atoms with van der Waals surface area (Å²) < 4.78 is 5.35. The predicted molar refractivity (Wildman–Crippen MR) is 69.8 cm³/mol. The lowest BCUT2D eigenvalue weighted by atomic mass is 10.1. The lowest BCUT2D eigenvalue weighted by Crippen LogP contribution is -2.23. The highest BCUT2D eigenvalue weighted by Gasteiger charge is 2.18. The molecule has 19 heavy (non-hydrogen) atoms. The molecule has 0 aromatic carbocycles. The zero-order valence-electron chi connectivity index (χ0n) is 10.9. The minimum absolute atomic E-state index is 0.0543. The SMILES string of the molecule is CC(c1ccco1)N(C)Cc1ncccc1C(=O)O. The molecular weight excluding hydrogens is 244 g/mol. The standard InChI is InChI=1S/C14H16N2O3/c1-10(13-6-4-8-19-13)16(2)9-12-11(14(17)18)5-3-7-15-12/h3-8,10H,9H2,1-2H3,(H,17,18). The third kappa shape index (κ3) is 3.00. The number of carbonyl (C=O) groups is 1. The molecule has 0 fully saturated rings. The van der Waals surface area contributed by atoms with E-state index in [1.54, 1.807) is 24.6 Å². The number of furan rings is 1. The number of hydrogen-bond donors (Lipinski definition) is 1. The first-order valence-electron chi connectivity index (χ1n) is 6.00. The monoisotopic (exact) mass is 260 g/mol. The van der Waals surface area contributed by atoms with Crippen LogP contribution in [0, 0.1) is 0 Å². The van der Waals surface area contributed by atoms with Gasteiger partial charge in [0, 0.05) is 12.7 Å². The van der Waals surface area contributed by atoms with Crippen molar-refractivity contribution >= 4 is 5.97 Å². The summed E-state index contributed by atoms with van der Waals surface area (Å²) in [6.07, 6.45) is 3.23. The van der Waals surface area contributed by atoms with Crippen molar-refractivity contribution in [2.45, 2.75) is 19.5 Å². The highest BCUT2D eigenvalue weighted by atomic mass is 16.4. The summed E-state index contributed by atoms with van der Waals surface area (Å²) >= 11 is 0. The van der Waals surface area contributed by atoms with Crippen molar-refractivity contribution in [3.63, 3.8) is 0 Å². The van der Waals surface area contributed by atoms with Crippen LogP contribution in [0.15, 0.2) is 41.1 Å². The highest BCUT2D eigenvalue weighted by molar-refractivity contribution is 5.88. The Balaban J connectivity index is 2.15. The molecule has 2 aromatic heterocycles. The molecule has 1 atom stereocenters. The van der Waals surface area contributed by atoms with Crippen molar-refractivity contribution in [1.29, 1.82) is 0 Å². The molecule has 0 spiro atoms. The third-order valence-corrected chi connectivity index (χ3v) is 3.14. The van der Waals surface area contributed by atoms with Gasteiger partial charge in [-0.1, -0.05) is 0 Å². The fraction of sp³-hybridized carbons (Fsp3) is 0.286. The highest BCUT2D eigenvalue weighted by Crippen LogP contribution is 2.21. The maximum atomic E-state index is 11.1. The Morgan fingerprint density at radius 3 is 2.89 bits per heavy atom. The van der Waals surface area contributed by atoms with Crippen molar-refractivity contribution in [3.8, 4) is 0 Å². The Morgan fingerprint density at radius 1 is 1.47 bits per heavy atom. The number of aromatic carboxylic acids is 1. The molecule has 5 nitrogen and oxygen atoms in total. The van der Waals surface area contributed by atoms with Crippen molar-refractivity contribution < 1.29 is 14.3 Å². The molecule has 2 rings (SSSR count). The van der Waals surface area contributed by atoms with Crippen molar-refractivity contribution in [1.82, 2.24) is 9.88 Å². The largest absolute Gasteiger partial charge is 0.478 e. The molecule has 1 N–H and O–H groups in total. The molecule has 0 aliphatic heterocycles. The van der Waals surface area contributed by atoms with E-state index in [2.05, 4.69) is 4.98 Å². The first-order chi connectivity index (χ1) is 9.09. The average Bonchev–Trinajstić information content (AvgIpc) is 2.92. The van der Waals surface area contributed by atoms with Gasteiger partial charge >= 0.3 is 5.97 Å². The maximum Gasteiger partial charge on any atom is 0.337 e. The van der Waals surface area contributed by atoms with Gasteiger partial charge in [0.2, 0.25) is 0 Å². The molecule has 2 heterocycles. The van der Waals surface area contributed by atoms with Crippen LogP contribution in [0.1, 0.15) is 34.8 Å². The van der Waals surface area contributed by atoms with Gasteiger partial charge in [-0.15, -0.1) is 0 Å². The molecule has 0 saturated carbocycles. The number of rotatable bonds is 5.